The quantitative estimate of drug-likeness (QED) is 0.248. The fourth-order valence-corrected chi connectivity index (χ4v) is 3.61. The number of pyridine rings is 1. The summed E-state index contributed by atoms with van der Waals surface area (Å²) in [6, 6.07) is 8.96. The Morgan fingerprint density at radius 2 is 1.59 bits per heavy atom. The first-order valence-corrected chi connectivity index (χ1v) is 16.0. The van der Waals surface area contributed by atoms with Crippen LogP contribution in [0, 0.1) is 5.82 Å². The van der Waals surface area contributed by atoms with Crippen LogP contribution in [0.3, 0.4) is 0 Å². The number of anilines is 2. The summed E-state index contributed by atoms with van der Waals surface area (Å²) in [5.74, 6) is 0.558. The monoisotopic (exact) mass is 614 g/mol. The molecular weight excluding hydrogens is 554 g/mol. The minimum atomic E-state index is -0.490. The third kappa shape index (κ3) is 16.5. The number of nitrogens with zero attached hydrogens (tertiary/aromatic N) is 3. The molecule has 1 amide bonds. The van der Waals surface area contributed by atoms with Crippen LogP contribution in [0.25, 0.3) is 11.1 Å². The number of benzene rings is 1. The highest BCUT2D eigenvalue weighted by Crippen LogP contribution is 2.25. The molecule has 0 aliphatic carbocycles. The molecule has 1 aromatic carbocycles. The number of hydrogen-bond acceptors (Lipinski definition) is 6. The molecule has 44 heavy (non-hydrogen) atoms. The van der Waals surface area contributed by atoms with Crippen LogP contribution < -0.4 is 10.2 Å². The lowest BCUT2D eigenvalue weighted by Crippen LogP contribution is -2.50. The molecule has 1 fully saturated rings. The normalized spacial score (nSPS) is 11.8. The summed E-state index contributed by atoms with van der Waals surface area (Å²) in [6.07, 6.45) is 4.45. The van der Waals surface area contributed by atoms with Crippen molar-refractivity contribution >= 4 is 24.5 Å². The van der Waals surface area contributed by atoms with Gasteiger partial charge in [0.25, 0.3) is 0 Å². The minimum absolute atomic E-state index is 0.118. The van der Waals surface area contributed by atoms with Gasteiger partial charge in [-0.1, -0.05) is 79.0 Å². The van der Waals surface area contributed by atoms with Crippen LogP contribution in [-0.2, 0) is 9.39 Å². The summed E-state index contributed by atoms with van der Waals surface area (Å²) in [5.41, 5.74) is 2.56. The van der Waals surface area contributed by atoms with Crippen LogP contribution in [0.15, 0.2) is 61.2 Å². The number of aromatic nitrogens is 1. The fourth-order valence-electron chi connectivity index (χ4n) is 3.61. The van der Waals surface area contributed by atoms with E-state index in [4.69, 9.17) is 9.39 Å². The van der Waals surface area contributed by atoms with Crippen LogP contribution in [0.1, 0.15) is 75.7 Å². The summed E-state index contributed by atoms with van der Waals surface area (Å²) in [6.45, 7) is 32.5. The number of carbonyl (C=O) groups excluding carboxylic acids is 1. The summed E-state index contributed by atoms with van der Waals surface area (Å²) in [4.78, 5) is 20.6. The molecule has 9 heteroatoms. The predicted octanol–water partition coefficient (Wildman–Crippen LogP) is 9.38. The van der Waals surface area contributed by atoms with Gasteiger partial charge in [-0.15, -0.1) is 6.58 Å². The van der Waals surface area contributed by atoms with E-state index in [0.717, 1.165) is 29.0 Å². The molecule has 1 aliphatic rings. The van der Waals surface area contributed by atoms with Gasteiger partial charge in [-0.05, 0) is 57.5 Å². The van der Waals surface area contributed by atoms with Crippen molar-refractivity contribution in [1.29, 1.82) is 0 Å². The molecule has 1 aromatic heterocycles. The number of amides is 1. The average Bonchev–Trinajstić information content (AvgIpc) is 3.02. The van der Waals surface area contributed by atoms with Crippen molar-refractivity contribution in [3.8, 4) is 11.1 Å². The molecule has 0 bridgehead atoms. The third-order valence-corrected chi connectivity index (χ3v) is 5.78. The first-order chi connectivity index (χ1) is 20.9. The van der Waals surface area contributed by atoms with Gasteiger partial charge in [0.05, 0.1) is 5.69 Å². The second-order valence-corrected chi connectivity index (χ2v) is 10.4. The lowest BCUT2D eigenvalue weighted by molar-refractivity contribution is 0.0240. The number of hydrogen-bond donors (Lipinski definition) is 1. The number of piperazine rings is 1. The number of ether oxygens (including phenoxy) is 1. The van der Waals surface area contributed by atoms with Crippen molar-refractivity contribution in [3.63, 3.8) is 0 Å². The van der Waals surface area contributed by atoms with Gasteiger partial charge in [0.15, 0.2) is 0 Å². The van der Waals surface area contributed by atoms with E-state index in [2.05, 4.69) is 42.2 Å². The van der Waals surface area contributed by atoms with Gasteiger partial charge < -0.3 is 24.5 Å². The molecule has 2 heterocycles. The second kappa shape index (κ2) is 24.0. The largest absolute Gasteiger partial charge is 0.444 e. The summed E-state index contributed by atoms with van der Waals surface area (Å²) in [7, 11) is 1.69. The SMILES string of the molecule is C=CC(=C)B(C)OCC.CC.CC.CCC.CNc1ccc(-c2ccc(N3CCN(C(=O)OC(C)(C)C)CC3)nc2)cc1F. The Labute approximate surface area is 269 Å². The zero-order valence-electron chi connectivity index (χ0n) is 29.7. The molecule has 0 atom stereocenters. The zero-order chi connectivity index (χ0) is 34.3. The van der Waals surface area contributed by atoms with Crippen molar-refractivity contribution in [1.82, 2.24) is 9.88 Å². The van der Waals surface area contributed by atoms with E-state index in [1.54, 1.807) is 30.3 Å². The molecule has 0 saturated carbocycles. The van der Waals surface area contributed by atoms with Crippen molar-refractivity contribution in [2.45, 2.75) is 88.1 Å². The molecule has 1 N–H and O–H groups in total. The van der Waals surface area contributed by atoms with E-state index in [0.29, 0.717) is 31.9 Å². The average molecular weight is 615 g/mol. The molecule has 7 nitrogen and oxygen atoms in total. The van der Waals surface area contributed by atoms with E-state index in [1.807, 2.05) is 80.4 Å². The van der Waals surface area contributed by atoms with Crippen molar-refractivity contribution in [2.75, 3.05) is 50.1 Å². The van der Waals surface area contributed by atoms with E-state index in [-0.39, 0.29) is 18.8 Å². The van der Waals surface area contributed by atoms with Crippen LogP contribution >= 0.6 is 0 Å². The Morgan fingerprint density at radius 1 is 1.05 bits per heavy atom. The number of nitrogens with one attached hydrogen (secondary N) is 1. The van der Waals surface area contributed by atoms with E-state index in [9.17, 15) is 9.18 Å². The number of carbonyl (C=O) groups is 1. The number of rotatable bonds is 7. The smallest absolute Gasteiger partial charge is 0.410 e. The molecule has 0 spiro atoms. The Kier molecular flexibility index (Phi) is 23.4. The molecule has 3 rings (SSSR count). The molecular formula is C35H60BFN4O3. The van der Waals surface area contributed by atoms with Gasteiger partial charge in [0, 0.05) is 51.6 Å². The van der Waals surface area contributed by atoms with Gasteiger partial charge in [0.2, 0.25) is 0 Å². The van der Waals surface area contributed by atoms with Crippen LogP contribution in [-0.4, -0.2) is 68.3 Å². The fraction of sp³-hybridized carbons (Fsp3) is 0.543. The molecule has 0 radical (unpaired) electrons. The Hall–Kier alpha value is -3.33. The van der Waals surface area contributed by atoms with Gasteiger partial charge in [-0.25, -0.2) is 14.2 Å². The number of allylic oxidation sites excluding steroid dienone is 2. The Balaban J connectivity index is 0. The van der Waals surface area contributed by atoms with Gasteiger partial charge in [0.1, 0.15) is 17.2 Å². The van der Waals surface area contributed by atoms with E-state index < -0.39 is 5.60 Å². The Bertz CT molecular complexity index is 1070. The van der Waals surface area contributed by atoms with Crippen LogP contribution in [0.2, 0.25) is 6.82 Å². The number of halogens is 1. The second-order valence-electron chi connectivity index (χ2n) is 10.4. The topological polar surface area (TPSA) is 66.9 Å². The van der Waals surface area contributed by atoms with E-state index in [1.165, 1.54) is 12.5 Å². The lowest BCUT2D eigenvalue weighted by Gasteiger charge is -2.36. The van der Waals surface area contributed by atoms with Crippen molar-refractivity contribution in [2.24, 2.45) is 0 Å². The van der Waals surface area contributed by atoms with Gasteiger partial charge >= 0.3 is 13.0 Å². The molecule has 1 aliphatic heterocycles. The minimum Gasteiger partial charge on any atom is -0.444 e. The standard InChI is InChI=1S/C21H27FN4O2.C7H13BO.C3H8.2C2H6/c1-21(2,3)28-20(27)26-11-9-25(10-12-26)19-8-6-16(14-24-19)15-5-7-18(23-4)17(22)13-15;1-5-7(3)8(4)9-6-2;1-3-2;2*1-2/h5-8,13-14,23H,9-12H2,1-4H3;5H,1,3,6H2,2,4H3;3H2,1-2H3;2*1-2H3. The maximum absolute atomic E-state index is 14.0. The van der Waals surface area contributed by atoms with Gasteiger partial charge in [-0.3, -0.25) is 0 Å². The molecule has 0 unspecified atom stereocenters. The molecule has 2 aromatic rings. The van der Waals surface area contributed by atoms with Crippen molar-refractivity contribution < 1.29 is 18.6 Å². The highest BCUT2D eigenvalue weighted by Gasteiger charge is 2.26. The maximum atomic E-state index is 14.0. The maximum Gasteiger partial charge on any atom is 0.410 e. The zero-order valence-corrected chi connectivity index (χ0v) is 29.7. The van der Waals surface area contributed by atoms with Gasteiger partial charge in [-0.2, -0.15) is 0 Å². The third-order valence-electron chi connectivity index (χ3n) is 5.78. The van der Waals surface area contributed by atoms with Crippen LogP contribution in [0.4, 0.5) is 20.7 Å². The van der Waals surface area contributed by atoms with Crippen molar-refractivity contribution in [3.05, 3.63) is 67.1 Å². The van der Waals surface area contributed by atoms with Crippen LogP contribution in [0.5, 0.6) is 0 Å². The summed E-state index contributed by atoms with van der Waals surface area (Å²) in [5, 5.41) is 2.82. The first-order valence-electron chi connectivity index (χ1n) is 16.0. The predicted molar refractivity (Wildman–Crippen MR) is 190 cm³/mol. The highest BCUT2D eigenvalue weighted by molar-refractivity contribution is 6.59. The molecule has 248 valence electrons. The highest BCUT2D eigenvalue weighted by atomic mass is 19.1. The summed E-state index contributed by atoms with van der Waals surface area (Å²) >= 11 is 0. The summed E-state index contributed by atoms with van der Waals surface area (Å²) < 4.78 is 24.6. The lowest BCUT2D eigenvalue weighted by atomic mass is 9.63. The Morgan fingerprint density at radius 3 is 2.00 bits per heavy atom. The van der Waals surface area contributed by atoms with E-state index >= 15 is 0 Å². The first kappa shape index (κ1) is 42.8. The molecule has 1 saturated heterocycles.